The first-order chi connectivity index (χ1) is 10.2. The van der Waals surface area contributed by atoms with E-state index in [1.807, 2.05) is 36.4 Å². The second-order valence-corrected chi connectivity index (χ2v) is 5.52. The normalized spacial score (nSPS) is 13.9. The maximum absolute atomic E-state index is 10.7. The molecule has 0 fully saturated rings. The van der Waals surface area contributed by atoms with E-state index in [2.05, 4.69) is 24.3 Å². The Bertz CT molecular complexity index is 488. The molecule has 1 aromatic rings. The minimum Gasteiger partial charge on any atom is -0.741 e. The monoisotopic (exact) mass is 438 g/mol. The van der Waals surface area contributed by atoms with Crippen LogP contribution in [0, 0.1) is 0 Å². The van der Waals surface area contributed by atoms with Crippen molar-refractivity contribution in [2.45, 2.75) is 31.2 Å². The molecule has 3 nitrogen and oxygen atoms in total. The summed E-state index contributed by atoms with van der Waals surface area (Å²) in [7, 11) is -6.09. The minimum absolute atomic E-state index is 0. The molecule has 133 valence electrons. The molecule has 0 spiro atoms. The predicted molar refractivity (Wildman–Crippen MR) is 78.9 cm³/mol. The first-order valence-corrected chi connectivity index (χ1v) is 7.98. The Hall–Kier alpha value is -0.977. The molecule has 0 saturated heterocycles. The molecule has 1 aromatic carbocycles. The molecule has 0 amide bonds. The fraction of sp³-hybridized carbons (Fsp3) is 0.333. The molecule has 0 aromatic heterocycles. The van der Waals surface area contributed by atoms with E-state index < -0.39 is 15.6 Å². The molecule has 23 heavy (non-hydrogen) atoms. The smallest absolute Gasteiger partial charge is 0.485 e. The fourth-order valence-corrected chi connectivity index (χ4v) is 1.24. The standard InChI is InChI=1S/C8H12.C6H6.CHF3O3S.Rh/c1-2-4-6-8-7-5-3-1;1-2-4-6-5-3-1;2-1(3,4)8(5,6)7;/h1-2,7-8H,3-6H2;1-6H;(H,5,6,7);/p-1. The van der Waals surface area contributed by atoms with Crippen molar-refractivity contribution in [1.29, 1.82) is 0 Å². The van der Waals surface area contributed by atoms with Crippen molar-refractivity contribution in [2.24, 2.45) is 0 Å². The molecule has 0 atom stereocenters. The summed E-state index contributed by atoms with van der Waals surface area (Å²) in [6.07, 6.45) is 14.0. The van der Waals surface area contributed by atoms with Crippen LogP contribution in [0.15, 0.2) is 60.7 Å². The number of halogens is 3. The van der Waals surface area contributed by atoms with Gasteiger partial charge < -0.3 is 4.55 Å². The summed E-state index contributed by atoms with van der Waals surface area (Å²) < 4.78 is 58.9. The largest absolute Gasteiger partial charge is 0.741 e. The Morgan fingerprint density at radius 1 is 0.696 bits per heavy atom. The molecule has 2 rings (SSSR count). The van der Waals surface area contributed by atoms with Crippen LogP contribution in [0.25, 0.3) is 0 Å². The van der Waals surface area contributed by atoms with Gasteiger partial charge in [0.1, 0.15) is 0 Å². The molecule has 0 unspecified atom stereocenters. The fourth-order valence-electron chi connectivity index (χ4n) is 1.24. The van der Waals surface area contributed by atoms with Crippen molar-refractivity contribution in [2.75, 3.05) is 0 Å². The van der Waals surface area contributed by atoms with E-state index >= 15 is 0 Å². The topological polar surface area (TPSA) is 57.2 Å². The number of allylic oxidation sites excluding steroid dienone is 4. The Morgan fingerprint density at radius 2 is 0.870 bits per heavy atom. The van der Waals surface area contributed by atoms with Gasteiger partial charge in [-0.3, -0.25) is 0 Å². The van der Waals surface area contributed by atoms with Gasteiger partial charge in [-0.1, -0.05) is 60.7 Å². The summed E-state index contributed by atoms with van der Waals surface area (Å²) in [5.41, 5.74) is -5.65. The average molecular weight is 438 g/mol. The zero-order chi connectivity index (χ0) is 16.9. The van der Waals surface area contributed by atoms with Crippen molar-refractivity contribution < 1.29 is 45.6 Å². The van der Waals surface area contributed by atoms with E-state index in [9.17, 15) is 13.2 Å². The van der Waals surface area contributed by atoms with Gasteiger partial charge in [-0.15, -0.1) is 0 Å². The van der Waals surface area contributed by atoms with Crippen LogP contribution in [0.3, 0.4) is 0 Å². The quantitative estimate of drug-likeness (QED) is 0.261. The minimum atomic E-state index is -6.09. The summed E-state index contributed by atoms with van der Waals surface area (Å²) in [5, 5.41) is 0. The molecule has 0 N–H and O–H groups in total. The molecule has 8 heteroatoms. The predicted octanol–water partition coefficient (Wildman–Crippen LogP) is 4.41. The summed E-state index contributed by atoms with van der Waals surface area (Å²) in [4.78, 5) is 0. The molecule has 0 heterocycles. The van der Waals surface area contributed by atoms with Crippen LogP contribution in [0.2, 0.25) is 0 Å². The number of alkyl halides is 3. The van der Waals surface area contributed by atoms with Gasteiger partial charge in [-0.05, 0) is 25.7 Å². The molecule has 0 saturated carbocycles. The molecule has 1 radical (unpaired) electrons. The zero-order valence-corrected chi connectivity index (χ0v) is 14.7. The molecule has 0 aliphatic heterocycles. The molecule has 0 bridgehead atoms. The Labute approximate surface area is 147 Å². The van der Waals surface area contributed by atoms with Crippen LogP contribution in [0.1, 0.15) is 25.7 Å². The van der Waals surface area contributed by atoms with Crippen LogP contribution in [0.4, 0.5) is 13.2 Å². The van der Waals surface area contributed by atoms with Gasteiger partial charge in [0.25, 0.3) is 0 Å². The average Bonchev–Trinajstić information content (AvgIpc) is 2.39. The van der Waals surface area contributed by atoms with Gasteiger partial charge >= 0.3 is 5.51 Å². The molecule has 1 aliphatic carbocycles. The van der Waals surface area contributed by atoms with Crippen LogP contribution in [-0.4, -0.2) is 18.5 Å². The maximum Gasteiger partial charge on any atom is 0.485 e. The van der Waals surface area contributed by atoms with Crippen LogP contribution < -0.4 is 0 Å². The summed E-state index contributed by atoms with van der Waals surface area (Å²) in [6, 6.07) is 12.0. The van der Waals surface area contributed by atoms with E-state index in [4.69, 9.17) is 13.0 Å². The van der Waals surface area contributed by atoms with Crippen molar-refractivity contribution in [3.8, 4) is 0 Å². The summed E-state index contributed by atoms with van der Waals surface area (Å²) in [5.74, 6) is 0. The van der Waals surface area contributed by atoms with E-state index in [-0.39, 0.29) is 19.5 Å². The second kappa shape index (κ2) is 13.5. The molecule has 1 aliphatic rings. The van der Waals surface area contributed by atoms with Gasteiger partial charge in [-0.2, -0.15) is 13.2 Å². The maximum atomic E-state index is 10.7. The van der Waals surface area contributed by atoms with Gasteiger partial charge in [0, 0.05) is 19.5 Å². The summed E-state index contributed by atoms with van der Waals surface area (Å²) >= 11 is 0. The Morgan fingerprint density at radius 3 is 1.00 bits per heavy atom. The third kappa shape index (κ3) is 15.7. The van der Waals surface area contributed by atoms with Crippen molar-refractivity contribution in [3.05, 3.63) is 60.7 Å². The first kappa shape index (κ1) is 24.3. The second-order valence-electron chi connectivity index (χ2n) is 4.15. The van der Waals surface area contributed by atoms with E-state index in [0.29, 0.717) is 0 Å². The van der Waals surface area contributed by atoms with Crippen molar-refractivity contribution >= 4 is 10.1 Å². The molecular weight excluding hydrogens is 420 g/mol. The van der Waals surface area contributed by atoms with Crippen molar-refractivity contribution in [1.82, 2.24) is 0 Å². The van der Waals surface area contributed by atoms with Gasteiger partial charge in [-0.25, -0.2) is 8.42 Å². The SMILES string of the molecule is C1=CCCC=CCC1.O=S(=O)([O-])C(F)(F)F.[Rh].c1ccccc1. The van der Waals surface area contributed by atoms with E-state index in [1.165, 1.54) is 25.7 Å². The van der Waals surface area contributed by atoms with Crippen LogP contribution in [-0.2, 0) is 29.6 Å². The number of rotatable bonds is 0. The van der Waals surface area contributed by atoms with E-state index in [1.54, 1.807) is 0 Å². The van der Waals surface area contributed by atoms with Gasteiger partial charge in [0.15, 0.2) is 10.1 Å². The van der Waals surface area contributed by atoms with Gasteiger partial charge in [0.2, 0.25) is 0 Å². The van der Waals surface area contributed by atoms with Crippen molar-refractivity contribution in [3.63, 3.8) is 0 Å². The zero-order valence-electron chi connectivity index (χ0n) is 12.2. The third-order valence-corrected chi connectivity index (χ3v) is 2.85. The molecular formula is C15H18F3O3RhS-. The number of hydrogen-bond donors (Lipinski definition) is 0. The van der Waals surface area contributed by atoms with Crippen LogP contribution >= 0.6 is 0 Å². The summed E-state index contributed by atoms with van der Waals surface area (Å²) in [6.45, 7) is 0. The van der Waals surface area contributed by atoms with E-state index in [0.717, 1.165) is 0 Å². The Balaban J connectivity index is 0. The van der Waals surface area contributed by atoms with Gasteiger partial charge in [0.05, 0.1) is 0 Å². The Kier molecular flexibility index (Phi) is 14.2. The number of benzene rings is 1. The third-order valence-electron chi connectivity index (χ3n) is 2.28. The number of hydrogen-bond acceptors (Lipinski definition) is 3. The van der Waals surface area contributed by atoms with Crippen LogP contribution in [0.5, 0.6) is 0 Å². The first-order valence-electron chi connectivity index (χ1n) is 6.57.